The van der Waals surface area contributed by atoms with Gasteiger partial charge in [0, 0.05) is 0 Å². The van der Waals surface area contributed by atoms with Crippen LogP contribution in [0.25, 0.3) is 0 Å². The van der Waals surface area contributed by atoms with Gasteiger partial charge in [-0.1, -0.05) is 51.5 Å². The lowest BCUT2D eigenvalue weighted by Gasteiger charge is -2.60. The zero-order chi connectivity index (χ0) is 70.3. The first-order valence-corrected chi connectivity index (χ1v) is 35.0. The van der Waals surface area contributed by atoms with Crippen molar-refractivity contribution in [2.24, 2.45) is 40.4 Å². The molecule has 0 bridgehead atoms. The number of hydrogen-bond acceptors (Lipinski definition) is 31. The summed E-state index contributed by atoms with van der Waals surface area (Å²) in [6.07, 6.45) is -46.8. The monoisotopic (exact) mass is 1400 g/mol. The highest BCUT2D eigenvalue weighted by Gasteiger charge is 2.64. The number of allylic oxidation sites excluding steroid dienone is 3. The molecule has 32 nitrogen and oxygen atoms in total. The first-order valence-electron chi connectivity index (χ1n) is 33.6. The number of aliphatic hydroxyl groups excluding tert-OH is 15. The fourth-order valence-corrected chi connectivity index (χ4v) is 17.6. The van der Waals surface area contributed by atoms with Crippen LogP contribution in [-0.2, 0) is 71.4 Å². The summed E-state index contributed by atoms with van der Waals surface area (Å²) < 4.78 is 113. The van der Waals surface area contributed by atoms with Gasteiger partial charge in [-0.2, -0.15) is 8.42 Å². The van der Waals surface area contributed by atoms with E-state index in [2.05, 4.69) is 40.3 Å². The second-order valence-electron chi connectivity index (χ2n) is 29.5. The lowest BCUT2D eigenvalue weighted by Crippen LogP contribution is -2.67. The molecular weight excluding hydrogens is 1300 g/mol. The van der Waals surface area contributed by atoms with Crippen molar-refractivity contribution < 1.29 is 156 Å². The largest absolute Gasteiger partial charge is 0.397 e. The molecule has 6 saturated heterocycles. The molecule has 96 heavy (non-hydrogen) atoms. The van der Waals surface area contributed by atoms with Gasteiger partial charge in [0.15, 0.2) is 37.7 Å². The lowest BCUT2D eigenvalue weighted by molar-refractivity contribution is -0.402. The number of ether oxygens (including phenoxy) is 12. The molecule has 10 rings (SSSR count). The number of rotatable bonds is 21. The van der Waals surface area contributed by atoms with Crippen LogP contribution in [0.4, 0.5) is 0 Å². The van der Waals surface area contributed by atoms with Crippen LogP contribution in [0.15, 0.2) is 23.8 Å². The molecule has 0 spiro atoms. The molecule has 4 aliphatic carbocycles. The van der Waals surface area contributed by atoms with Gasteiger partial charge in [-0.25, -0.2) is 4.18 Å². The Labute approximate surface area is 557 Å². The van der Waals surface area contributed by atoms with Gasteiger partial charge in [-0.3, -0.25) is 4.55 Å². The maximum absolute atomic E-state index is 12.5. The Morgan fingerprint density at radius 3 is 1.65 bits per heavy atom. The van der Waals surface area contributed by atoms with E-state index in [0.717, 1.165) is 18.4 Å². The van der Waals surface area contributed by atoms with Crippen molar-refractivity contribution in [1.82, 2.24) is 0 Å². The smallest absolute Gasteiger partial charge is 0.394 e. The molecule has 3 unspecified atom stereocenters. The second-order valence-corrected chi connectivity index (χ2v) is 30.5. The summed E-state index contributed by atoms with van der Waals surface area (Å²) in [4.78, 5) is 0. The molecule has 554 valence electrons. The topological polar surface area (TPSA) is 498 Å². The SMILES string of the molecule is C=C(CC[C@](C)(O)[C@H]1CCC2C3C[C@H](O[C@@H]4O[C@H](C)[C@@H](O)[C@H](O[C@@H]5OC[C@@H](O[C@@H]6O[C@H](CO)[C@H](O)[C@H](O)[C@H]6O[C@@H]6O[C@H](C)[C@H](O)[C@H](O[C@@H]7O[C@H](CO)[C@H](O)[C@H](O)[C@H]7O)[C@H]6O)[C@H](O)[C@H]5O[C@@H]5O[C@H](C)[C@@H](O)[C@H](O)[C@H]5O)[C@H]4O)C4C[C@@H](OS(=O)(=O)O)CC[C@]4(C)C3=CC[C@@]21C)C(C)C. The Morgan fingerprint density at radius 2 is 1.07 bits per heavy atom. The van der Waals surface area contributed by atoms with Crippen LogP contribution in [0.3, 0.4) is 0 Å². The number of fused-ring (bicyclic) bond motifs is 5. The molecule has 3 saturated carbocycles. The third kappa shape index (κ3) is 15.1. The summed E-state index contributed by atoms with van der Waals surface area (Å²) in [6, 6.07) is 0. The first-order chi connectivity index (χ1) is 44.9. The Morgan fingerprint density at radius 1 is 0.583 bits per heavy atom. The predicted octanol–water partition coefficient (Wildman–Crippen LogP) is -3.87. The van der Waals surface area contributed by atoms with Crippen LogP contribution in [-0.4, -0.2) is 310 Å². The Bertz CT molecular complexity index is 2750. The highest BCUT2D eigenvalue weighted by atomic mass is 32.3. The minimum Gasteiger partial charge on any atom is -0.394 e. The van der Waals surface area contributed by atoms with Crippen LogP contribution in [0.1, 0.15) is 113 Å². The van der Waals surface area contributed by atoms with Crippen LogP contribution < -0.4 is 0 Å². The van der Waals surface area contributed by atoms with Gasteiger partial charge in [-0.05, 0) is 126 Å². The van der Waals surface area contributed by atoms with Crippen molar-refractivity contribution in [3.63, 3.8) is 0 Å². The van der Waals surface area contributed by atoms with E-state index < -0.39 is 237 Å². The summed E-state index contributed by atoms with van der Waals surface area (Å²) in [7, 11) is -4.90. The number of aliphatic hydroxyl groups is 16. The fourth-order valence-electron chi connectivity index (χ4n) is 17.1. The maximum atomic E-state index is 12.5. The van der Waals surface area contributed by atoms with E-state index in [1.807, 2.05) is 6.92 Å². The highest BCUT2D eigenvalue weighted by molar-refractivity contribution is 7.80. The average Bonchev–Trinajstić information content (AvgIpc) is 1.31. The van der Waals surface area contributed by atoms with E-state index in [9.17, 15) is 94.7 Å². The zero-order valence-electron chi connectivity index (χ0n) is 55.2. The summed E-state index contributed by atoms with van der Waals surface area (Å²) in [5.41, 5.74) is 0.209. The van der Waals surface area contributed by atoms with Crippen molar-refractivity contribution in [1.29, 1.82) is 0 Å². The molecule has 0 amide bonds. The molecule has 9 fully saturated rings. The van der Waals surface area contributed by atoms with E-state index in [-0.39, 0.29) is 41.9 Å². The van der Waals surface area contributed by atoms with Gasteiger partial charge >= 0.3 is 10.4 Å². The first kappa shape index (κ1) is 76.9. The van der Waals surface area contributed by atoms with Crippen molar-refractivity contribution in [2.75, 3.05) is 19.8 Å². The molecule has 0 radical (unpaired) electrons. The fraction of sp³-hybridized carbons (Fsp3) is 0.937. The maximum Gasteiger partial charge on any atom is 0.397 e. The van der Waals surface area contributed by atoms with Crippen LogP contribution in [0.5, 0.6) is 0 Å². The van der Waals surface area contributed by atoms with E-state index in [0.29, 0.717) is 32.1 Å². The minimum atomic E-state index is -4.90. The van der Waals surface area contributed by atoms with E-state index in [1.54, 1.807) is 0 Å². The quantitative estimate of drug-likeness (QED) is 0.0386. The molecule has 0 aromatic carbocycles. The molecule has 33 heteroatoms. The molecule has 10 aliphatic rings. The van der Waals surface area contributed by atoms with Gasteiger partial charge in [0.2, 0.25) is 0 Å². The van der Waals surface area contributed by atoms with Gasteiger partial charge < -0.3 is 139 Å². The molecule has 17 N–H and O–H groups in total. The molecule has 6 heterocycles. The molecular formula is C63H104O32S. The Balaban J connectivity index is 0.902. The van der Waals surface area contributed by atoms with Crippen LogP contribution >= 0.6 is 0 Å². The Hall–Kier alpha value is -1.77. The highest BCUT2D eigenvalue weighted by Crippen LogP contribution is 2.68. The van der Waals surface area contributed by atoms with Crippen LogP contribution in [0.2, 0.25) is 0 Å². The average molecular weight is 1410 g/mol. The van der Waals surface area contributed by atoms with Gasteiger partial charge in [0.1, 0.15) is 122 Å². The normalized spacial score (nSPS) is 51.6. The van der Waals surface area contributed by atoms with E-state index >= 15 is 0 Å². The third-order valence-electron chi connectivity index (χ3n) is 23.0. The van der Waals surface area contributed by atoms with Crippen molar-refractivity contribution in [3.8, 4) is 0 Å². The van der Waals surface area contributed by atoms with Crippen LogP contribution in [0, 0.1) is 40.4 Å². The Kier molecular flexibility index (Phi) is 24.1. The van der Waals surface area contributed by atoms with E-state index in [1.165, 1.54) is 26.3 Å². The zero-order valence-corrected chi connectivity index (χ0v) is 56.0. The summed E-state index contributed by atoms with van der Waals surface area (Å²) >= 11 is 0. The summed E-state index contributed by atoms with van der Waals surface area (Å²) in [6.45, 7) is 16.3. The number of hydrogen-bond donors (Lipinski definition) is 17. The molecule has 6 aliphatic heterocycles. The van der Waals surface area contributed by atoms with Crippen molar-refractivity contribution in [3.05, 3.63) is 23.8 Å². The summed E-state index contributed by atoms with van der Waals surface area (Å²) in [5, 5.41) is 179. The van der Waals surface area contributed by atoms with Crippen molar-refractivity contribution >= 4 is 10.4 Å². The van der Waals surface area contributed by atoms with E-state index in [4.69, 9.17) is 61.0 Å². The standard InChI is InChI=1S/C63H104O32S/c1-23(2)24(3)12-17-63(9,79)37-11-10-30-29-19-33(32-18-28(95-96(80,81)82)13-15-61(32,7)31(29)14-16-62(30,37)8)87-57-49(77)52(40(68)26(5)85-57)92-59-53(93-55-47(75)44(72)38(66)25(4)84-55)43(71)36(22-83-59)90-60-54(46(74)42(70)35(21-65)89-60)94-58-50(78)51(39(67)27(6)86-58)91-56-48(76)45(73)41(69)34(20-64)88-56/h14,23,25-30,32-60,64-79H,3,10-13,15-22H2,1-2,4-9H3,(H,80,81,82)/t25-,26-,27-,28+,29?,30?,32?,33+,34-,35-,36-,37+,38-,39+,40-,41+,42+,43+,44+,45+,46+,47-,48-,49-,50-,51+,52+,53-,54-,55+,56+,57+,58+,59+,60+,61-,62+,63+/m1/s1. The molecule has 0 aromatic heterocycles. The van der Waals surface area contributed by atoms with Gasteiger partial charge in [0.25, 0.3) is 0 Å². The summed E-state index contributed by atoms with van der Waals surface area (Å²) in [5.74, 6) is -0.390. The van der Waals surface area contributed by atoms with Crippen molar-refractivity contribution in [2.45, 2.75) is 309 Å². The lowest BCUT2D eigenvalue weighted by atomic mass is 9.47. The molecule has 0 aromatic rings. The molecule has 38 atom stereocenters. The predicted molar refractivity (Wildman–Crippen MR) is 322 cm³/mol. The third-order valence-corrected chi connectivity index (χ3v) is 23.5. The van der Waals surface area contributed by atoms with Gasteiger partial charge in [-0.15, -0.1) is 0 Å². The van der Waals surface area contributed by atoms with Gasteiger partial charge in [0.05, 0.1) is 55.9 Å². The minimum absolute atomic E-state index is 0.0581. The second kappa shape index (κ2) is 30.1.